The Hall–Kier alpha value is -1.65. The van der Waals surface area contributed by atoms with Crippen molar-refractivity contribution in [2.75, 3.05) is 7.05 Å². The molecule has 5 nitrogen and oxygen atoms in total. The highest BCUT2D eigenvalue weighted by Gasteiger charge is 1.98. The number of aryl methyl sites for hydroxylation is 1. The van der Waals surface area contributed by atoms with Gasteiger partial charge in [-0.15, -0.1) is 0 Å². The summed E-state index contributed by atoms with van der Waals surface area (Å²) in [7, 11) is 1.60. The van der Waals surface area contributed by atoms with E-state index < -0.39 is 0 Å². The molecule has 5 heteroatoms. The molecule has 0 spiro atoms. The summed E-state index contributed by atoms with van der Waals surface area (Å²) in [5, 5.41) is 2.52. The molecule has 1 rings (SSSR count). The van der Waals surface area contributed by atoms with E-state index in [0.717, 1.165) is 0 Å². The summed E-state index contributed by atoms with van der Waals surface area (Å²) < 4.78 is 1.49. The quantitative estimate of drug-likeness (QED) is 0.721. The molecule has 14 heavy (non-hydrogen) atoms. The number of nitrogens with zero attached hydrogens (tertiary/aromatic N) is 2. The summed E-state index contributed by atoms with van der Waals surface area (Å²) in [6.07, 6.45) is 4.01. The van der Waals surface area contributed by atoms with Crippen molar-refractivity contribution in [2.45, 2.75) is 19.4 Å². The Morgan fingerprint density at radius 3 is 3.07 bits per heavy atom. The van der Waals surface area contributed by atoms with Crippen LogP contribution in [0.15, 0.2) is 23.4 Å². The maximum Gasteiger partial charge on any atom is 0.253 e. The zero-order valence-electron chi connectivity index (χ0n) is 8.06. The SMILES string of the molecule is CNC(=O)CCCn1cnccc1=O. The molecule has 0 atom stereocenters. The van der Waals surface area contributed by atoms with E-state index >= 15 is 0 Å². The van der Waals surface area contributed by atoms with E-state index in [9.17, 15) is 9.59 Å². The van der Waals surface area contributed by atoms with Crippen LogP contribution in [0.2, 0.25) is 0 Å². The lowest BCUT2D eigenvalue weighted by Gasteiger charge is -2.03. The molecule has 1 aromatic heterocycles. The van der Waals surface area contributed by atoms with Crippen LogP contribution in [-0.4, -0.2) is 22.5 Å². The average molecular weight is 195 g/mol. The summed E-state index contributed by atoms with van der Waals surface area (Å²) in [6.45, 7) is 0.528. The minimum Gasteiger partial charge on any atom is -0.359 e. The molecule has 0 unspecified atom stereocenters. The van der Waals surface area contributed by atoms with Crippen molar-refractivity contribution in [2.24, 2.45) is 0 Å². The maximum absolute atomic E-state index is 11.2. The second-order valence-electron chi connectivity index (χ2n) is 2.89. The van der Waals surface area contributed by atoms with Crippen LogP contribution in [0.4, 0.5) is 0 Å². The van der Waals surface area contributed by atoms with E-state index in [0.29, 0.717) is 19.4 Å². The summed E-state index contributed by atoms with van der Waals surface area (Å²) in [6, 6.07) is 1.40. The third-order valence-electron chi connectivity index (χ3n) is 1.87. The predicted octanol–water partition coefficient (Wildman–Crippen LogP) is -0.231. The van der Waals surface area contributed by atoms with Gasteiger partial charge in [0, 0.05) is 32.3 Å². The molecule has 0 aromatic carbocycles. The van der Waals surface area contributed by atoms with Gasteiger partial charge in [-0.25, -0.2) is 4.98 Å². The molecule has 0 aliphatic rings. The topological polar surface area (TPSA) is 64.0 Å². The molecule has 0 radical (unpaired) electrons. The first-order valence-electron chi connectivity index (χ1n) is 4.45. The highest BCUT2D eigenvalue weighted by atomic mass is 16.1. The Morgan fingerprint density at radius 2 is 2.43 bits per heavy atom. The lowest BCUT2D eigenvalue weighted by Crippen LogP contribution is -2.21. The van der Waals surface area contributed by atoms with Crippen LogP contribution in [0.3, 0.4) is 0 Å². The van der Waals surface area contributed by atoms with E-state index in [1.807, 2.05) is 0 Å². The van der Waals surface area contributed by atoms with E-state index in [2.05, 4.69) is 10.3 Å². The molecular weight excluding hydrogens is 182 g/mol. The van der Waals surface area contributed by atoms with Gasteiger partial charge in [-0.1, -0.05) is 0 Å². The monoisotopic (exact) mass is 195 g/mol. The van der Waals surface area contributed by atoms with Crippen LogP contribution in [0, 0.1) is 0 Å². The van der Waals surface area contributed by atoms with Crippen molar-refractivity contribution in [3.63, 3.8) is 0 Å². The highest BCUT2D eigenvalue weighted by molar-refractivity contribution is 5.75. The van der Waals surface area contributed by atoms with Crippen LogP contribution < -0.4 is 10.9 Å². The van der Waals surface area contributed by atoms with Crippen molar-refractivity contribution < 1.29 is 4.79 Å². The van der Waals surface area contributed by atoms with Gasteiger partial charge in [0.1, 0.15) is 0 Å². The van der Waals surface area contributed by atoms with Crippen LogP contribution in [0.25, 0.3) is 0 Å². The van der Waals surface area contributed by atoms with Gasteiger partial charge >= 0.3 is 0 Å². The minimum atomic E-state index is -0.0862. The van der Waals surface area contributed by atoms with Gasteiger partial charge < -0.3 is 5.32 Å². The normalized spacial score (nSPS) is 9.79. The molecule has 1 aromatic rings. The zero-order chi connectivity index (χ0) is 10.4. The third-order valence-corrected chi connectivity index (χ3v) is 1.87. The molecule has 0 bridgehead atoms. The molecule has 1 N–H and O–H groups in total. The Balaban J connectivity index is 2.43. The highest BCUT2D eigenvalue weighted by Crippen LogP contribution is 1.91. The minimum absolute atomic E-state index is 0.0121. The number of aromatic nitrogens is 2. The molecule has 1 amide bonds. The number of hydrogen-bond acceptors (Lipinski definition) is 3. The van der Waals surface area contributed by atoms with Gasteiger partial charge in [0.15, 0.2) is 0 Å². The summed E-state index contributed by atoms with van der Waals surface area (Å²) in [4.78, 5) is 25.9. The standard InChI is InChI=1S/C9H13N3O2/c1-10-8(13)3-2-6-12-7-11-5-4-9(12)14/h4-5,7H,2-3,6H2,1H3,(H,10,13). The number of hydrogen-bond donors (Lipinski definition) is 1. The Kier molecular flexibility index (Phi) is 3.84. The maximum atomic E-state index is 11.2. The van der Waals surface area contributed by atoms with Crippen molar-refractivity contribution in [3.8, 4) is 0 Å². The van der Waals surface area contributed by atoms with Gasteiger partial charge in [0.2, 0.25) is 5.91 Å². The Labute approximate surface area is 81.8 Å². The summed E-state index contributed by atoms with van der Waals surface area (Å²) in [5.74, 6) is -0.0121. The first-order chi connectivity index (χ1) is 6.74. The van der Waals surface area contributed by atoms with Crippen molar-refractivity contribution in [3.05, 3.63) is 28.9 Å². The zero-order valence-corrected chi connectivity index (χ0v) is 8.06. The average Bonchev–Trinajstić information content (AvgIpc) is 2.20. The number of carbonyl (C=O) groups excluding carboxylic acids is 1. The first kappa shape index (κ1) is 10.4. The molecule has 0 saturated heterocycles. The van der Waals surface area contributed by atoms with Crippen molar-refractivity contribution >= 4 is 5.91 Å². The second-order valence-corrected chi connectivity index (χ2v) is 2.89. The predicted molar refractivity (Wildman–Crippen MR) is 51.8 cm³/mol. The lowest BCUT2D eigenvalue weighted by atomic mass is 10.3. The fraction of sp³-hybridized carbons (Fsp3) is 0.444. The van der Waals surface area contributed by atoms with Crippen LogP contribution >= 0.6 is 0 Å². The van der Waals surface area contributed by atoms with Crippen LogP contribution in [0.5, 0.6) is 0 Å². The van der Waals surface area contributed by atoms with Gasteiger partial charge in [-0.2, -0.15) is 0 Å². The van der Waals surface area contributed by atoms with Crippen molar-refractivity contribution in [1.82, 2.24) is 14.9 Å². The molecule has 76 valence electrons. The van der Waals surface area contributed by atoms with E-state index in [-0.39, 0.29) is 11.5 Å². The fourth-order valence-electron chi connectivity index (χ4n) is 1.08. The Bertz CT molecular complexity index is 359. The molecule has 0 fully saturated rings. The summed E-state index contributed by atoms with van der Waals surface area (Å²) >= 11 is 0. The van der Waals surface area contributed by atoms with E-state index in [1.54, 1.807) is 7.05 Å². The molecular formula is C9H13N3O2. The number of amides is 1. The van der Waals surface area contributed by atoms with Gasteiger partial charge in [0.25, 0.3) is 5.56 Å². The van der Waals surface area contributed by atoms with Crippen LogP contribution in [-0.2, 0) is 11.3 Å². The second kappa shape index (κ2) is 5.16. The van der Waals surface area contributed by atoms with Gasteiger partial charge in [-0.05, 0) is 6.42 Å². The largest absolute Gasteiger partial charge is 0.359 e. The van der Waals surface area contributed by atoms with Crippen LogP contribution in [0.1, 0.15) is 12.8 Å². The van der Waals surface area contributed by atoms with E-state index in [4.69, 9.17) is 0 Å². The molecule has 0 aliphatic heterocycles. The van der Waals surface area contributed by atoms with E-state index in [1.165, 1.54) is 23.2 Å². The molecule has 0 aliphatic carbocycles. The number of carbonyl (C=O) groups is 1. The molecule has 1 heterocycles. The molecule has 0 saturated carbocycles. The number of rotatable bonds is 4. The smallest absolute Gasteiger partial charge is 0.253 e. The Morgan fingerprint density at radius 1 is 1.64 bits per heavy atom. The lowest BCUT2D eigenvalue weighted by molar-refractivity contribution is -0.120. The summed E-state index contributed by atoms with van der Waals surface area (Å²) in [5.41, 5.74) is -0.0862. The first-order valence-corrected chi connectivity index (χ1v) is 4.45. The fourth-order valence-corrected chi connectivity index (χ4v) is 1.08. The van der Waals surface area contributed by atoms with Gasteiger partial charge in [-0.3, -0.25) is 14.2 Å². The van der Waals surface area contributed by atoms with Crippen molar-refractivity contribution in [1.29, 1.82) is 0 Å². The number of nitrogens with one attached hydrogen (secondary N) is 1. The van der Waals surface area contributed by atoms with Gasteiger partial charge in [0.05, 0.1) is 6.33 Å². The third kappa shape index (κ3) is 3.01.